The zero-order chi connectivity index (χ0) is 21.8. The Hall–Kier alpha value is -4.08. The number of benzene rings is 2. The molecule has 160 valence electrons. The van der Waals surface area contributed by atoms with E-state index in [0.717, 1.165) is 5.56 Å². The molecular weight excluding hydrogens is 404 g/mol. The van der Waals surface area contributed by atoms with E-state index >= 15 is 0 Å². The number of carbonyl (C=O) groups is 1. The van der Waals surface area contributed by atoms with Crippen molar-refractivity contribution in [2.45, 2.75) is 13.0 Å². The van der Waals surface area contributed by atoms with E-state index in [2.05, 4.69) is 15.5 Å². The first-order chi connectivity index (χ1) is 15.1. The van der Waals surface area contributed by atoms with Crippen molar-refractivity contribution in [2.24, 2.45) is 0 Å². The van der Waals surface area contributed by atoms with Gasteiger partial charge in [-0.1, -0.05) is 23.4 Å². The standard InChI is InChI=1S/C21H20N4O6/c1-28-16-8-7-13(11-17(16)29-2)9-10-22-19(26)20-23-18(24-31-20)12-25-14-5-3-4-6-15(14)30-21(25)27/h3-8,11H,9-10,12H2,1-2H3,(H,22,26). The SMILES string of the molecule is COc1ccc(CCNC(=O)c2nc(Cn3c(=O)oc4ccccc43)no2)cc1OC. The Kier molecular flexibility index (Phi) is 5.69. The number of hydrogen-bond acceptors (Lipinski definition) is 8. The zero-order valence-electron chi connectivity index (χ0n) is 17.0. The van der Waals surface area contributed by atoms with Crippen LogP contribution in [0.2, 0.25) is 0 Å². The van der Waals surface area contributed by atoms with Crippen LogP contribution in [0.15, 0.2) is 56.2 Å². The number of fused-ring (bicyclic) bond motifs is 1. The first-order valence-electron chi connectivity index (χ1n) is 9.49. The van der Waals surface area contributed by atoms with Crippen LogP contribution >= 0.6 is 0 Å². The van der Waals surface area contributed by atoms with Gasteiger partial charge in [0.2, 0.25) is 0 Å². The van der Waals surface area contributed by atoms with Crippen LogP contribution in [0.4, 0.5) is 0 Å². The lowest BCUT2D eigenvalue weighted by Crippen LogP contribution is -2.26. The first-order valence-corrected chi connectivity index (χ1v) is 9.49. The summed E-state index contributed by atoms with van der Waals surface area (Å²) in [6.07, 6.45) is 0.573. The molecule has 1 N–H and O–H groups in total. The Balaban J connectivity index is 1.37. The second kappa shape index (κ2) is 8.74. The van der Waals surface area contributed by atoms with Crippen LogP contribution in [-0.2, 0) is 13.0 Å². The molecule has 31 heavy (non-hydrogen) atoms. The summed E-state index contributed by atoms with van der Waals surface area (Å²) in [5, 5.41) is 6.52. The van der Waals surface area contributed by atoms with E-state index in [0.29, 0.717) is 35.6 Å². The molecule has 0 bridgehead atoms. The minimum absolute atomic E-state index is 0.0261. The van der Waals surface area contributed by atoms with E-state index < -0.39 is 11.7 Å². The fraction of sp³-hybridized carbons (Fsp3) is 0.238. The van der Waals surface area contributed by atoms with Gasteiger partial charge in [-0.15, -0.1) is 0 Å². The normalized spacial score (nSPS) is 10.9. The number of rotatable bonds is 8. The molecule has 0 saturated carbocycles. The Morgan fingerprint density at radius 3 is 2.74 bits per heavy atom. The van der Waals surface area contributed by atoms with Crippen molar-refractivity contribution in [2.75, 3.05) is 20.8 Å². The quantitative estimate of drug-likeness (QED) is 0.456. The van der Waals surface area contributed by atoms with Gasteiger partial charge in [-0.25, -0.2) is 4.79 Å². The number of nitrogens with one attached hydrogen (secondary N) is 1. The Bertz CT molecular complexity index is 1270. The van der Waals surface area contributed by atoms with Gasteiger partial charge >= 0.3 is 17.6 Å². The lowest BCUT2D eigenvalue weighted by atomic mass is 10.1. The summed E-state index contributed by atoms with van der Waals surface area (Å²) in [7, 11) is 3.14. The summed E-state index contributed by atoms with van der Waals surface area (Å²) in [4.78, 5) is 28.5. The van der Waals surface area contributed by atoms with Crippen molar-refractivity contribution in [3.05, 3.63) is 70.3 Å². The maximum absolute atomic E-state index is 12.3. The highest BCUT2D eigenvalue weighted by Crippen LogP contribution is 2.27. The van der Waals surface area contributed by atoms with Crippen LogP contribution in [0, 0.1) is 0 Å². The number of aromatic nitrogens is 3. The number of amides is 1. The molecule has 0 aliphatic rings. The van der Waals surface area contributed by atoms with Crippen molar-refractivity contribution in [1.82, 2.24) is 20.0 Å². The van der Waals surface area contributed by atoms with Crippen LogP contribution in [0.1, 0.15) is 22.1 Å². The molecule has 4 aromatic rings. The summed E-state index contributed by atoms with van der Waals surface area (Å²) in [6.45, 7) is 0.385. The van der Waals surface area contributed by atoms with Gasteiger partial charge in [-0.3, -0.25) is 9.36 Å². The molecule has 0 spiro atoms. The van der Waals surface area contributed by atoms with Crippen molar-refractivity contribution < 1.29 is 23.2 Å². The minimum atomic E-state index is -0.535. The molecule has 4 rings (SSSR count). The van der Waals surface area contributed by atoms with E-state index in [1.165, 1.54) is 4.57 Å². The number of methoxy groups -OCH3 is 2. The molecule has 0 fully saturated rings. The minimum Gasteiger partial charge on any atom is -0.493 e. The average Bonchev–Trinajstić information content (AvgIpc) is 3.38. The van der Waals surface area contributed by atoms with Gasteiger partial charge in [0.1, 0.15) is 0 Å². The lowest BCUT2D eigenvalue weighted by Gasteiger charge is -2.09. The molecule has 10 nitrogen and oxygen atoms in total. The molecule has 2 heterocycles. The van der Waals surface area contributed by atoms with E-state index in [1.807, 2.05) is 18.2 Å². The maximum atomic E-state index is 12.3. The summed E-state index contributed by atoms with van der Waals surface area (Å²) >= 11 is 0. The summed E-state index contributed by atoms with van der Waals surface area (Å²) in [6, 6.07) is 12.6. The molecule has 0 unspecified atom stereocenters. The average molecular weight is 424 g/mol. The number of ether oxygens (including phenoxy) is 2. The largest absolute Gasteiger partial charge is 0.493 e. The van der Waals surface area contributed by atoms with E-state index in [9.17, 15) is 9.59 Å². The van der Waals surface area contributed by atoms with Gasteiger partial charge in [0, 0.05) is 6.54 Å². The van der Waals surface area contributed by atoms with E-state index in [4.69, 9.17) is 18.4 Å². The molecule has 1 amide bonds. The molecule has 10 heteroatoms. The smallest absolute Gasteiger partial charge is 0.420 e. The number of hydrogen-bond donors (Lipinski definition) is 1. The summed E-state index contributed by atoms with van der Waals surface area (Å²) in [5.74, 6) is 0.241. The van der Waals surface area contributed by atoms with Gasteiger partial charge in [0.05, 0.1) is 26.3 Å². The van der Waals surface area contributed by atoms with Crippen molar-refractivity contribution in [1.29, 1.82) is 0 Å². The molecule has 0 aliphatic carbocycles. The van der Waals surface area contributed by atoms with Crippen LogP contribution in [0.25, 0.3) is 11.1 Å². The summed E-state index contributed by atoms with van der Waals surface area (Å²) in [5.41, 5.74) is 2.04. The third-order valence-corrected chi connectivity index (χ3v) is 4.68. The van der Waals surface area contributed by atoms with Crippen molar-refractivity contribution in [3.8, 4) is 11.5 Å². The van der Waals surface area contributed by atoms with Gasteiger partial charge in [0.25, 0.3) is 0 Å². The first kappa shape index (κ1) is 20.2. The van der Waals surface area contributed by atoms with Gasteiger partial charge < -0.3 is 23.7 Å². The fourth-order valence-electron chi connectivity index (χ4n) is 3.15. The predicted molar refractivity (Wildman–Crippen MR) is 109 cm³/mol. The molecule has 0 radical (unpaired) electrons. The number of carbonyl (C=O) groups excluding carboxylic acids is 1. The molecule has 2 aromatic heterocycles. The highest BCUT2D eigenvalue weighted by atomic mass is 16.5. The third kappa shape index (κ3) is 4.27. The lowest BCUT2D eigenvalue weighted by molar-refractivity contribution is 0.0910. The van der Waals surface area contributed by atoms with Gasteiger partial charge in [-0.2, -0.15) is 4.98 Å². The van der Waals surface area contributed by atoms with Crippen LogP contribution in [-0.4, -0.2) is 41.4 Å². The van der Waals surface area contributed by atoms with Gasteiger partial charge in [-0.05, 0) is 36.2 Å². The maximum Gasteiger partial charge on any atom is 0.420 e. The van der Waals surface area contributed by atoms with Crippen molar-refractivity contribution >= 4 is 17.0 Å². The Labute approximate surface area is 176 Å². The molecule has 0 aliphatic heterocycles. The molecule has 0 saturated heterocycles. The highest BCUT2D eigenvalue weighted by molar-refractivity contribution is 5.89. The highest BCUT2D eigenvalue weighted by Gasteiger charge is 2.17. The Morgan fingerprint density at radius 2 is 1.94 bits per heavy atom. The van der Waals surface area contributed by atoms with Crippen LogP contribution in [0.3, 0.4) is 0 Å². The van der Waals surface area contributed by atoms with Gasteiger partial charge in [0.15, 0.2) is 22.9 Å². The molecular formula is C21H20N4O6. The second-order valence-electron chi connectivity index (χ2n) is 6.63. The van der Waals surface area contributed by atoms with Crippen molar-refractivity contribution in [3.63, 3.8) is 0 Å². The second-order valence-corrected chi connectivity index (χ2v) is 6.63. The number of nitrogens with zero attached hydrogens (tertiary/aromatic N) is 3. The van der Waals surface area contributed by atoms with Crippen LogP contribution in [0.5, 0.6) is 11.5 Å². The summed E-state index contributed by atoms with van der Waals surface area (Å²) < 4.78 is 22.1. The molecule has 0 atom stereocenters. The Morgan fingerprint density at radius 1 is 1.13 bits per heavy atom. The van der Waals surface area contributed by atoms with E-state index in [-0.39, 0.29) is 18.3 Å². The van der Waals surface area contributed by atoms with E-state index in [1.54, 1.807) is 38.5 Å². The number of oxazole rings is 1. The fourth-order valence-corrected chi connectivity index (χ4v) is 3.15. The molecule has 2 aromatic carbocycles. The topological polar surface area (TPSA) is 122 Å². The monoisotopic (exact) mass is 424 g/mol. The zero-order valence-corrected chi connectivity index (χ0v) is 17.0. The third-order valence-electron chi connectivity index (χ3n) is 4.68. The predicted octanol–water partition coefficient (Wildman–Crippen LogP) is 2.02. The van der Waals surface area contributed by atoms with Crippen LogP contribution < -0.4 is 20.5 Å². The number of para-hydroxylation sites is 2.